The third-order valence-corrected chi connectivity index (χ3v) is 7.94. The van der Waals surface area contributed by atoms with Crippen molar-refractivity contribution >= 4 is 35.4 Å². The maximum atomic E-state index is 12.7. The summed E-state index contributed by atoms with van der Waals surface area (Å²) in [5.41, 5.74) is 0. The minimum absolute atomic E-state index is 0.0147. The van der Waals surface area contributed by atoms with Crippen molar-refractivity contribution in [1.82, 2.24) is 0 Å². The van der Waals surface area contributed by atoms with Gasteiger partial charge in [0, 0.05) is 12.8 Å². The number of carbonyl (C=O) groups excluding carboxylic acids is 2. The fourth-order valence-corrected chi connectivity index (χ4v) is 5.97. The summed E-state index contributed by atoms with van der Waals surface area (Å²) in [6.45, 7) is 2.35. The van der Waals surface area contributed by atoms with Gasteiger partial charge in [-0.25, -0.2) is 13.7 Å². The molecule has 254 valence electrons. The van der Waals surface area contributed by atoms with Gasteiger partial charge in [-0.05, 0) is 12.8 Å². The summed E-state index contributed by atoms with van der Waals surface area (Å²) in [5, 5.41) is 31.2. The van der Waals surface area contributed by atoms with Gasteiger partial charge in [-0.2, -0.15) is 0 Å². The van der Waals surface area contributed by atoms with E-state index in [0.717, 1.165) is 19.3 Å². The maximum Gasteiger partial charge on any atom is 0.472 e. The standard InChI is InChI=1S/C21H41O19P3/c1-3-5-7-9-14(22)35-11-13(37-15(23)10-8-6-4-2)12-36-43(33,34)40-19-16(24)17(25)20(38-41(27,28)29)21(18(19)26)39-42(30,31)32/h13,16-21,24-26H,3-12H2,1-2H3,(H,33,34)(H2,27,28,29)(H2,30,31,32)/t13-,16+,17+,18-,19-,20-,21-/m0/s1. The Balaban J connectivity index is 3.03. The molecule has 0 radical (unpaired) electrons. The van der Waals surface area contributed by atoms with E-state index in [1.807, 2.05) is 13.8 Å². The Morgan fingerprint density at radius 2 is 1.12 bits per heavy atom. The molecule has 22 heteroatoms. The molecule has 0 heterocycles. The number of hydrogen-bond donors (Lipinski definition) is 8. The SMILES string of the molecule is CCCCCC(=O)OC[C@@H](COP(=O)(O)O[C@H]1[C@H](O)[C@@H](O)[C@H](OP(=O)(O)O)[C@@H](OP(=O)(O)O)[C@H]1O)OC(=O)CCCCC. The second kappa shape index (κ2) is 18.3. The van der Waals surface area contributed by atoms with Gasteiger partial charge in [-0.3, -0.25) is 27.7 Å². The molecule has 0 aliphatic heterocycles. The van der Waals surface area contributed by atoms with Gasteiger partial charge in [0.1, 0.15) is 43.2 Å². The summed E-state index contributed by atoms with van der Waals surface area (Å²) < 4.78 is 63.6. The first-order valence-electron chi connectivity index (χ1n) is 13.3. The molecule has 0 aromatic heterocycles. The van der Waals surface area contributed by atoms with E-state index >= 15 is 0 Å². The van der Waals surface area contributed by atoms with Crippen LogP contribution >= 0.6 is 23.5 Å². The molecular weight excluding hydrogens is 649 g/mol. The zero-order valence-electron chi connectivity index (χ0n) is 23.5. The number of carbonyl (C=O) groups is 2. The van der Waals surface area contributed by atoms with Crippen molar-refractivity contribution in [3.8, 4) is 0 Å². The van der Waals surface area contributed by atoms with Crippen LogP contribution in [0.5, 0.6) is 0 Å². The average molecular weight is 690 g/mol. The van der Waals surface area contributed by atoms with Crippen LogP contribution in [0.15, 0.2) is 0 Å². The quantitative estimate of drug-likeness (QED) is 0.0479. The van der Waals surface area contributed by atoms with Crippen LogP contribution in [0.3, 0.4) is 0 Å². The predicted octanol–water partition coefficient (Wildman–Crippen LogP) is 0.156. The smallest absolute Gasteiger partial charge is 0.462 e. The largest absolute Gasteiger partial charge is 0.472 e. The van der Waals surface area contributed by atoms with Gasteiger partial charge < -0.3 is 49.3 Å². The molecule has 0 aromatic rings. The number of phosphoric ester groups is 3. The average Bonchev–Trinajstić information content (AvgIpc) is 2.88. The van der Waals surface area contributed by atoms with Crippen molar-refractivity contribution in [2.24, 2.45) is 0 Å². The molecular formula is C21H41O19P3. The fourth-order valence-electron chi connectivity index (χ4n) is 3.87. The van der Waals surface area contributed by atoms with Crippen molar-refractivity contribution < 1.29 is 90.6 Å². The highest BCUT2D eigenvalue weighted by Gasteiger charge is 2.56. The number of esters is 2. The fraction of sp³-hybridized carbons (Fsp3) is 0.905. The van der Waals surface area contributed by atoms with Gasteiger partial charge >= 0.3 is 35.4 Å². The van der Waals surface area contributed by atoms with Crippen LogP contribution in [0.25, 0.3) is 0 Å². The van der Waals surface area contributed by atoms with Crippen LogP contribution in [0.2, 0.25) is 0 Å². The van der Waals surface area contributed by atoms with Crippen LogP contribution in [0, 0.1) is 0 Å². The van der Waals surface area contributed by atoms with Crippen molar-refractivity contribution in [3.63, 3.8) is 0 Å². The molecule has 0 bridgehead atoms. The van der Waals surface area contributed by atoms with Gasteiger partial charge in [-0.1, -0.05) is 39.5 Å². The van der Waals surface area contributed by atoms with Crippen molar-refractivity contribution in [2.45, 2.75) is 108 Å². The molecule has 1 unspecified atom stereocenters. The number of hydrogen-bond acceptors (Lipinski definition) is 14. The van der Waals surface area contributed by atoms with Gasteiger partial charge in [-0.15, -0.1) is 0 Å². The third kappa shape index (κ3) is 15.8. The normalized spacial score (nSPS) is 26.8. The first kappa shape index (κ1) is 40.2. The third-order valence-electron chi connectivity index (χ3n) is 5.91. The highest BCUT2D eigenvalue weighted by Crippen LogP contribution is 2.51. The monoisotopic (exact) mass is 690 g/mol. The van der Waals surface area contributed by atoms with Crippen molar-refractivity contribution in [2.75, 3.05) is 13.2 Å². The summed E-state index contributed by atoms with van der Waals surface area (Å²) in [5.74, 6) is -1.36. The molecule has 0 saturated heterocycles. The number of unbranched alkanes of at least 4 members (excludes halogenated alkanes) is 4. The lowest BCUT2D eigenvalue weighted by atomic mass is 9.85. The molecule has 1 rings (SSSR count). The van der Waals surface area contributed by atoms with E-state index < -0.39 is 91.3 Å². The second-order valence-electron chi connectivity index (χ2n) is 9.64. The topological polar surface area (TPSA) is 303 Å². The lowest BCUT2D eigenvalue weighted by Gasteiger charge is -2.44. The predicted molar refractivity (Wildman–Crippen MR) is 142 cm³/mol. The van der Waals surface area contributed by atoms with E-state index in [-0.39, 0.29) is 12.8 Å². The minimum atomic E-state index is -5.57. The number of ether oxygens (including phenoxy) is 2. The highest BCUT2D eigenvalue weighted by molar-refractivity contribution is 7.47. The number of phosphoric acid groups is 3. The molecule has 1 aliphatic carbocycles. The van der Waals surface area contributed by atoms with Gasteiger partial charge in [0.15, 0.2) is 6.10 Å². The summed E-state index contributed by atoms with van der Waals surface area (Å²) in [4.78, 5) is 70.9. The first-order valence-corrected chi connectivity index (χ1v) is 17.9. The lowest BCUT2D eigenvalue weighted by molar-refractivity contribution is -0.213. The van der Waals surface area contributed by atoms with E-state index in [9.17, 15) is 43.5 Å². The number of aliphatic hydroxyl groups is 3. The summed E-state index contributed by atoms with van der Waals surface area (Å²) in [6.07, 6.45) is -12.1. The molecule has 0 spiro atoms. The Kier molecular flexibility index (Phi) is 17.1. The van der Waals surface area contributed by atoms with E-state index in [2.05, 4.69) is 9.05 Å². The molecule has 1 saturated carbocycles. The molecule has 1 aliphatic rings. The molecule has 0 aromatic carbocycles. The highest BCUT2D eigenvalue weighted by atomic mass is 31.2. The van der Waals surface area contributed by atoms with Crippen LogP contribution < -0.4 is 0 Å². The Morgan fingerprint density at radius 3 is 1.60 bits per heavy atom. The molecule has 8 N–H and O–H groups in total. The van der Waals surface area contributed by atoms with Gasteiger partial charge in [0.05, 0.1) is 6.61 Å². The maximum absolute atomic E-state index is 12.7. The Morgan fingerprint density at radius 1 is 0.651 bits per heavy atom. The minimum Gasteiger partial charge on any atom is -0.462 e. The van der Waals surface area contributed by atoms with Crippen LogP contribution in [-0.2, 0) is 50.9 Å². The van der Waals surface area contributed by atoms with Crippen molar-refractivity contribution in [3.05, 3.63) is 0 Å². The summed E-state index contributed by atoms with van der Waals surface area (Å²) >= 11 is 0. The van der Waals surface area contributed by atoms with E-state index in [0.29, 0.717) is 19.3 Å². The Hall–Kier alpha value is -0.850. The van der Waals surface area contributed by atoms with Crippen LogP contribution in [0.4, 0.5) is 0 Å². The molecule has 8 atom stereocenters. The van der Waals surface area contributed by atoms with Gasteiger partial charge in [0.25, 0.3) is 0 Å². The molecule has 19 nitrogen and oxygen atoms in total. The van der Waals surface area contributed by atoms with Gasteiger partial charge in [0.2, 0.25) is 0 Å². The van der Waals surface area contributed by atoms with Crippen molar-refractivity contribution in [1.29, 1.82) is 0 Å². The number of aliphatic hydroxyl groups excluding tert-OH is 3. The van der Waals surface area contributed by atoms with Crippen LogP contribution in [-0.4, -0.2) is 108 Å². The van der Waals surface area contributed by atoms with Crippen LogP contribution in [0.1, 0.15) is 65.2 Å². The summed E-state index contributed by atoms with van der Waals surface area (Å²) in [6, 6.07) is 0. The lowest BCUT2D eigenvalue weighted by Crippen LogP contribution is -2.65. The Bertz CT molecular complexity index is 1010. The molecule has 1 fully saturated rings. The Labute approximate surface area is 247 Å². The zero-order valence-corrected chi connectivity index (χ0v) is 26.2. The molecule has 43 heavy (non-hydrogen) atoms. The summed E-state index contributed by atoms with van der Waals surface area (Å²) in [7, 11) is -16.5. The van der Waals surface area contributed by atoms with E-state index in [4.69, 9.17) is 38.1 Å². The number of rotatable bonds is 20. The second-order valence-corrected chi connectivity index (χ2v) is 13.4. The first-order chi connectivity index (χ1) is 19.8. The zero-order chi connectivity index (χ0) is 33.0. The van der Waals surface area contributed by atoms with E-state index in [1.54, 1.807) is 0 Å². The molecule has 0 amide bonds. The van der Waals surface area contributed by atoms with E-state index in [1.165, 1.54) is 0 Å².